The second-order valence-electron chi connectivity index (χ2n) is 18.5. The van der Waals surface area contributed by atoms with E-state index in [-0.39, 0.29) is 35.6 Å². The van der Waals surface area contributed by atoms with Gasteiger partial charge >= 0.3 is 12.2 Å². The molecule has 0 radical (unpaired) electrons. The maximum absolute atomic E-state index is 13.8. The van der Waals surface area contributed by atoms with Gasteiger partial charge in [0.1, 0.15) is 23.9 Å². The number of ether oxygens (including phenoxy) is 2. The number of hydrogen-bond donors (Lipinski definition) is 4. The number of benzene rings is 3. The molecule has 3 aliphatic carbocycles. The van der Waals surface area contributed by atoms with E-state index in [0.29, 0.717) is 43.5 Å². The molecule has 1 aromatic heterocycles. The quantitative estimate of drug-likeness (QED) is 0.110. The van der Waals surface area contributed by atoms with Crippen molar-refractivity contribution in [3.05, 3.63) is 83.8 Å². The van der Waals surface area contributed by atoms with E-state index in [9.17, 15) is 24.0 Å². The number of fused-ring (bicyclic) bond motifs is 2. The summed E-state index contributed by atoms with van der Waals surface area (Å²) in [6, 6.07) is 18.8. The van der Waals surface area contributed by atoms with Crippen molar-refractivity contribution in [3.8, 4) is 33.5 Å². The van der Waals surface area contributed by atoms with E-state index < -0.39 is 30.3 Å². The molecule has 3 heterocycles. The fraction of sp³-hybridized carbons (Fsp3) is 0.480. The van der Waals surface area contributed by atoms with Crippen LogP contribution in [0.1, 0.15) is 114 Å². The highest BCUT2D eigenvalue weighted by atomic mass is 16.5. The highest BCUT2D eigenvalue weighted by Crippen LogP contribution is 2.55. The van der Waals surface area contributed by atoms with Gasteiger partial charge in [-0.15, -0.1) is 0 Å². The van der Waals surface area contributed by atoms with Gasteiger partial charge in [-0.05, 0) is 126 Å². The van der Waals surface area contributed by atoms with Gasteiger partial charge < -0.3 is 40.2 Å². The van der Waals surface area contributed by atoms with Crippen LogP contribution >= 0.6 is 0 Å². The number of carbonyl (C=O) groups is 5. The van der Waals surface area contributed by atoms with E-state index in [0.717, 1.165) is 53.9 Å². The molecule has 4 atom stereocenters. The van der Waals surface area contributed by atoms with Crippen LogP contribution in [0.3, 0.4) is 0 Å². The van der Waals surface area contributed by atoms with Crippen LogP contribution in [0.5, 0.6) is 0 Å². The number of nitrogens with one attached hydrogen (secondary N) is 4. The molecule has 2 aliphatic heterocycles. The number of anilines is 1. The molecule has 2 saturated heterocycles. The predicted octanol–water partition coefficient (Wildman–Crippen LogP) is 8.52. The van der Waals surface area contributed by atoms with Crippen molar-refractivity contribution in [1.29, 1.82) is 0 Å². The molecule has 0 spiro atoms. The zero-order valence-corrected chi connectivity index (χ0v) is 37.7. The molecule has 1 saturated carbocycles. The summed E-state index contributed by atoms with van der Waals surface area (Å²) in [4.78, 5) is 76.9. The summed E-state index contributed by atoms with van der Waals surface area (Å²) >= 11 is 0. The number of aromatic amines is 1. The van der Waals surface area contributed by atoms with Crippen molar-refractivity contribution < 1.29 is 33.4 Å². The maximum atomic E-state index is 13.8. The molecule has 5 amide bonds. The van der Waals surface area contributed by atoms with Gasteiger partial charge in [-0.3, -0.25) is 14.4 Å². The number of H-pyrrole nitrogens is 1. The van der Waals surface area contributed by atoms with Crippen molar-refractivity contribution in [2.75, 3.05) is 32.6 Å². The summed E-state index contributed by atoms with van der Waals surface area (Å²) in [5.74, 6) is 0.695. The van der Waals surface area contributed by atoms with Crippen LogP contribution < -0.4 is 16.0 Å². The number of hydrogen-bond acceptors (Lipinski definition) is 8. The lowest BCUT2D eigenvalue weighted by molar-refractivity contribution is -0.139. The summed E-state index contributed by atoms with van der Waals surface area (Å²) in [6.07, 6.45) is 8.04. The molecule has 9 rings (SSSR count). The molecule has 4 unspecified atom stereocenters. The van der Waals surface area contributed by atoms with Crippen LogP contribution in [0.25, 0.3) is 33.5 Å². The molecule has 338 valence electrons. The van der Waals surface area contributed by atoms with Crippen LogP contribution in [-0.4, -0.2) is 95.1 Å². The molecule has 3 aromatic carbocycles. The summed E-state index contributed by atoms with van der Waals surface area (Å²) < 4.78 is 9.55. The van der Waals surface area contributed by atoms with Gasteiger partial charge in [0.25, 0.3) is 0 Å². The molecule has 4 aromatic rings. The normalized spacial score (nSPS) is 21.1. The second-order valence-corrected chi connectivity index (χ2v) is 18.5. The number of carbonyl (C=O) groups excluding carboxylic acids is 5. The van der Waals surface area contributed by atoms with Crippen molar-refractivity contribution in [3.63, 3.8) is 0 Å². The zero-order valence-electron chi connectivity index (χ0n) is 37.7. The van der Waals surface area contributed by atoms with Crippen molar-refractivity contribution in [2.24, 2.45) is 11.8 Å². The number of aromatic nitrogens is 2. The minimum Gasteiger partial charge on any atom is -0.453 e. The van der Waals surface area contributed by atoms with Crippen molar-refractivity contribution >= 4 is 35.6 Å². The Bertz CT molecular complexity index is 2380. The van der Waals surface area contributed by atoms with Crippen molar-refractivity contribution in [1.82, 2.24) is 30.4 Å². The van der Waals surface area contributed by atoms with Gasteiger partial charge in [-0.2, -0.15) is 0 Å². The Balaban J connectivity index is 1.01. The van der Waals surface area contributed by atoms with Gasteiger partial charge in [0, 0.05) is 18.8 Å². The van der Waals surface area contributed by atoms with Crippen LogP contribution in [0.15, 0.2) is 66.9 Å². The third-order valence-electron chi connectivity index (χ3n) is 13.8. The van der Waals surface area contributed by atoms with Crippen LogP contribution in [0.4, 0.5) is 15.3 Å². The number of imidazole rings is 1. The molecule has 64 heavy (non-hydrogen) atoms. The van der Waals surface area contributed by atoms with Gasteiger partial charge in [-0.1, -0.05) is 76.2 Å². The average molecular weight is 872 g/mol. The average Bonchev–Trinajstić information content (AvgIpc) is 4.12. The number of methoxy groups -OCH3 is 2. The third-order valence-corrected chi connectivity index (χ3v) is 13.8. The Hall–Kier alpha value is -6.18. The van der Waals surface area contributed by atoms with Crippen LogP contribution in [-0.2, 0) is 23.9 Å². The van der Waals surface area contributed by atoms with E-state index >= 15 is 0 Å². The smallest absolute Gasteiger partial charge is 0.407 e. The largest absolute Gasteiger partial charge is 0.453 e. The zero-order chi connectivity index (χ0) is 45.2. The topological polar surface area (TPSA) is 175 Å². The highest BCUT2D eigenvalue weighted by Gasteiger charge is 2.41. The summed E-state index contributed by atoms with van der Waals surface area (Å²) in [6.45, 7) is 8.57. The number of amides is 5. The molecule has 4 N–H and O–H groups in total. The molecular formula is C50H61N7O7. The lowest BCUT2D eigenvalue weighted by atomic mass is 9.63. The molecule has 2 bridgehead atoms. The lowest BCUT2D eigenvalue weighted by Crippen LogP contribution is -2.54. The van der Waals surface area contributed by atoms with Crippen molar-refractivity contribution in [2.45, 2.75) is 115 Å². The van der Waals surface area contributed by atoms with E-state index in [1.165, 1.54) is 49.3 Å². The van der Waals surface area contributed by atoms with Gasteiger partial charge in [0.2, 0.25) is 17.7 Å². The summed E-state index contributed by atoms with van der Waals surface area (Å²) in [7, 11) is 2.56. The third kappa shape index (κ3) is 8.83. The lowest BCUT2D eigenvalue weighted by Gasteiger charge is -2.41. The Labute approximate surface area is 375 Å². The maximum Gasteiger partial charge on any atom is 0.407 e. The Morgan fingerprint density at radius 2 is 1.22 bits per heavy atom. The van der Waals surface area contributed by atoms with Gasteiger partial charge in [0.15, 0.2) is 0 Å². The standard InChI is InChI=1S/C50H61N7O7/c1-28(2)43(54-49(61)63-5)47(59)56-24-8-12-39(56)45-51-27-38(53-45)31-16-14-30(15-17-31)36-22-23-37(42-33-20-18-32(19-21-33)41(36)42)34-10-7-11-35(26-34)52-46(58)40-13-9-25-57(40)48(60)44(29(3)4)55-50(62)64-6/h7,10-11,14-17,22-23,26-29,32-33,39-40,43-44H,8-9,12-13,18-21,24-25H2,1-6H3,(H,51,53)(H,52,58)(H,54,61)(H,55,62). The first-order valence-corrected chi connectivity index (χ1v) is 22.9. The fourth-order valence-corrected chi connectivity index (χ4v) is 10.5. The molecule has 3 fully saturated rings. The Morgan fingerprint density at radius 3 is 1.81 bits per heavy atom. The van der Waals surface area contributed by atoms with Gasteiger partial charge in [0.05, 0.1) is 32.2 Å². The molecule has 14 nitrogen and oxygen atoms in total. The second kappa shape index (κ2) is 18.9. The minimum atomic E-state index is -0.798. The monoisotopic (exact) mass is 871 g/mol. The number of nitrogens with zero attached hydrogens (tertiary/aromatic N) is 3. The van der Waals surface area contributed by atoms with Gasteiger partial charge in [-0.25, -0.2) is 14.6 Å². The molecule has 5 aliphatic rings. The summed E-state index contributed by atoms with van der Waals surface area (Å²) in [5, 5.41) is 8.49. The van der Waals surface area contributed by atoms with E-state index in [4.69, 9.17) is 14.5 Å². The highest BCUT2D eigenvalue weighted by molar-refractivity contribution is 5.99. The summed E-state index contributed by atoms with van der Waals surface area (Å²) in [5.41, 5.74) is 10.0. The van der Waals surface area contributed by atoms with E-state index in [1.807, 2.05) is 57.0 Å². The van der Waals surface area contributed by atoms with E-state index in [2.05, 4.69) is 63.4 Å². The first-order chi connectivity index (χ1) is 30.9. The Kier molecular flexibility index (Phi) is 13.1. The number of alkyl carbamates (subject to hydrolysis) is 2. The Morgan fingerprint density at radius 1 is 0.672 bits per heavy atom. The number of rotatable bonds is 12. The minimum absolute atomic E-state index is 0.112. The first kappa shape index (κ1) is 44.4. The SMILES string of the molecule is COC(=O)NC(C(=O)N1CCCC1C(=O)Nc1cccc(-c2ccc(-c3ccc(-c4cnc(C5CCCN5C(=O)C(NC(=O)OC)C(C)C)[nH]4)cc3)c3c2C2CCC3CC2)c1)C(C)C. The first-order valence-electron chi connectivity index (χ1n) is 22.9. The fourth-order valence-electron chi connectivity index (χ4n) is 10.5. The molecular weight excluding hydrogens is 811 g/mol. The van der Waals surface area contributed by atoms with Crippen LogP contribution in [0, 0.1) is 11.8 Å². The molecule has 14 heteroatoms. The van der Waals surface area contributed by atoms with Crippen LogP contribution in [0.2, 0.25) is 0 Å². The van der Waals surface area contributed by atoms with E-state index in [1.54, 1.807) is 4.90 Å². The predicted molar refractivity (Wildman–Crippen MR) is 244 cm³/mol. The number of likely N-dealkylation sites (tertiary alicyclic amines) is 2.